The number of nitro groups is 2. The topological polar surface area (TPSA) is 107 Å². The van der Waals surface area contributed by atoms with Gasteiger partial charge in [-0.3, -0.25) is 29.9 Å². The van der Waals surface area contributed by atoms with Gasteiger partial charge in [0.1, 0.15) is 22.9 Å². The molecule has 0 N–H and O–H groups in total. The summed E-state index contributed by atoms with van der Waals surface area (Å²) in [7, 11) is 0. The molecule has 0 aliphatic carbocycles. The Labute approximate surface area is 145 Å². The molecule has 0 spiro atoms. The fourth-order valence-electron chi connectivity index (χ4n) is 3.03. The Morgan fingerprint density at radius 2 is 1.84 bits per heavy atom. The van der Waals surface area contributed by atoms with E-state index in [2.05, 4.69) is 6.58 Å². The lowest BCUT2D eigenvalue weighted by molar-refractivity contribution is -0.811. The number of unbranched alkanes of at least 4 members (excludes halogenated alkanes) is 1. The first-order valence-corrected chi connectivity index (χ1v) is 8.13. The Kier molecular flexibility index (Phi) is 5.97. The van der Waals surface area contributed by atoms with Gasteiger partial charge in [0.2, 0.25) is 0 Å². The summed E-state index contributed by atoms with van der Waals surface area (Å²) >= 11 is 0. The summed E-state index contributed by atoms with van der Waals surface area (Å²) in [4.78, 5) is 34.6. The van der Waals surface area contributed by atoms with E-state index in [1.54, 1.807) is 35.2 Å². The van der Waals surface area contributed by atoms with E-state index < -0.39 is 15.5 Å². The van der Waals surface area contributed by atoms with Crippen molar-refractivity contribution in [1.82, 2.24) is 4.90 Å². The van der Waals surface area contributed by atoms with Crippen LogP contribution in [0.25, 0.3) is 0 Å². The molecular weight excluding hydrogens is 326 g/mol. The van der Waals surface area contributed by atoms with Gasteiger partial charge in [-0.1, -0.05) is 36.4 Å². The second-order valence-electron chi connectivity index (χ2n) is 6.27. The first-order valence-electron chi connectivity index (χ1n) is 8.13. The Hall–Kier alpha value is -2.61. The number of allylic oxidation sites excluding steroid dienone is 1. The fourth-order valence-corrected chi connectivity index (χ4v) is 3.03. The SMILES string of the molecule is C=CCCC[C@H](CC(=O)c1ccccc1)N1CC([N+](=O)[O-])([N+](=O)[O-])C1. The zero-order valence-electron chi connectivity index (χ0n) is 13.9. The number of benzene rings is 1. The van der Waals surface area contributed by atoms with Crippen LogP contribution in [0.4, 0.5) is 0 Å². The van der Waals surface area contributed by atoms with Crippen LogP contribution in [0.2, 0.25) is 0 Å². The number of carbonyl (C=O) groups is 1. The van der Waals surface area contributed by atoms with E-state index in [1.165, 1.54) is 0 Å². The number of nitrogens with zero attached hydrogens (tertiary/aromatic N) is 3. The second-order valence-corrected chi connectivity index (χ2v) is 6.27. The monoisotopic (exact) mass is 347 g/mol. The van der Waals surface area contributed by atoms with Crippen molar-refractivity contribution >= 4 is 5.78 Å². The van der Waals surface area contributed by atoms with E-state index in [9.17, 15) is 25.0 Å². The first-order chi connectivity index (χ1) is 11.9. The van der Waals surface area contributed by atoms with E-state index in [-0.39, 0.29) is 31.3 Å². The molecule has 25 heavy (non-hydrogen) atoms. The highest BCUT2D eigenvalue weighted by Gasteiger charge is 2.67. The lowest BCUT2D eigenvalue weighted by Gasteiger charge is -2.41. The van der Waals surface area contributed by atoms with Gasteiger partial charge in [0.05, 0.1) is 0 Å². The Morgan fingerprint density at radius 1 is 1.24 bits per heavy atom. The molecule has 8 nitrogen and oxygen atoms in total. The van der Waals surface area contributed by atoms with Crippen molar-refractivity contribution in [2.45, 2.75) is 37.4 Å². The third-order valence-corrected chi connectivity index (χ3v) is 4.57. The number of carbonyl (C=O) groups excluding carboxylic acids is 1. The van der Waals surface area contributed by atoms with Gasteiger partial charge in [-0.15, -0.1) is 6.58 Å². The van der Waals surface area contributed by atoms with Crippen molar-refractivity contribution in [3.05, 3.63) is 68.8 Å². The number of rotatable bonds is 10. The quantitative estimate of drug-likeness (QED) is 0.161. The van der Waals surface area contributed by atoms with E-state index in [0.29, 0.717) is 12.0 Å². The van der Waals surface area contributed by atoms with E-state index >= 15 is 0 Å². The minimum atomic E-state index is -2.15. The molecule has 1 aromatic carbocycles. The maximum Gasteiger partial charge on any atom is 0.482 e. The van der Waals surface area contributed by atoms with Crippen molar-refractivity contribution in [2.24, 2.45) is 0 Å². The van der Waals surface area contributed by atoms with Gasteiger partial charge in [-0.25, -0.2) is 0 Å². The lowest BCUT2D eigenvalue weighted by Crippen LogP contribution is -2.72. The summed E-state index contributed by atoms with van der Waals surface area (Å²) in [5, 5.41) is 22.1. The summed E-state index contributed by atoms with van der Waals surface area (Å²) < 4.78 is 0. The summed E-state index contributed by atoms with van der Waals surface area (Å²) in [6, 6.07) is 8.55. The molecule has 1 saturated heterocycles. The number of hydrogen-bond acceptors (Lipinski definition) is 6. The van der Waals surface area contributed by atoms with Gasteiger partial charge >= 0.3 is 5.66 Å². The average Bonchev–Trinajstić information content (AvgIpc) is 2.53. The van der Waals surface area contributed by atoms with Crippen molar-refractivity contribution in [3.8, 4) is 0 Å². The molecular formula is C17H21N3O5. The van der Waals surface area contributed by atoms with E-state index in [4.69, 9.17) is 0 Å². The van der Waals surface area contributed by atoms with Gasteiger partial charge in [0.25, 0.3) is 0 Å². The predicted molar refractivity (Wildman–Crippen MR) is 91.5 cm³/mol. The summed E-state index contributed by atoms with van der Waals surface area (Å²) in [5.74, 6) is -0.0658. The normalized spacial score (nSPS) is 17.3. The van der Waals surface area contributed by atoms with Gasteiger partial charge in [-0.2, -0.15) is 0 Å². The highest BCUT2D eigenvalue weighted by Crippen LogP contribution is 2.30. The smallest absolute Gasteiger partial charge is 0.294 e. The molecule has 1 aromatic rings. The highest BCUT2D eigenvalue weighted by molar-refractivity contribution is 5.96. The summed E-state index contributed by atoms with van der Waals surface area (Å²) in [6.45, 7) is 3.12. The summed E-state index contributed by atoms with van der Waals surface area (Å²) in [6.07, 6.45) is 4.13. The fraction of sp³-hybridized carbons (Fsp3) is 0.471. The van der Waals surface area contributed by atoms with Crippen LogP contribution < -0.4 is 0 Å². The van der Waals surface area contributed by atoms with E-state index in [0.717, 1.165) is 12.8 Å². The Balaban J connectivity index is 2.06. The van der Waals surface area contributed by atoms with Gasteiger partial charge in [0.15, 0.2) is 5.78 Å². The molecule has 1 aliphatic rings. The number of likely N-dealkylation sites (tertiary alicyclic amines) is 1. The molecule has 0 amide bonds. The van der Waals surface area contributed by atoms with Crippen LogP contribution in [0.3, 0.4) is 0 Å². The average molecular weight is 347 g/mol. The minimum absolute atomic E-state index is 0.0658. The molecule has 8 heteroatoms. The predicted octanol–water partition coefficient (Wildman–Crippen LogP) is 2.55. The van der Waals surface area contributed by atoms with Crippen molar-refractivity contribution in [1.29, 1.82) is 0 Å². The third kappa shape index (κ3) is 4.08. The molecule has 1 atom stereocenters. The largest absolute Gasteiger partial charge is 0.482 e. The molecule has 0 radical (unpaired) electrons. The Bertz CT molecular complexity index is 640. The van der Waals surface area contributed by atoms with Gasteiger partial charge in [0, 0.05) is 18.0 Å². The third-order valence-electron chi connectivity index (χ3n) is 4.57. The minimum Gasteiger partial charge on any atom is -0.294 e. The lowest BCUT2D eigenvalue weighted by atomic mass is 9.92. The van der Waals surface area contributed by atoms with Gasteiger partial charge < -0.3 is 0 Å². The molecule has 1 aliphatic heterocycles. The molecule has 134 valence electrons. The highest BCUT2D eigenvalue weighted by atomic mass is 16.7. The Morgan fingerprint density at radius 3 is 2.36 bits per heavy atom. The number of ketones is 1. The van der Waals surface area contributed by atoms with Crippen molar-refractivity contribution in [3.63, 3.8) is 0 Å². The standard InChI is InChI=1S/C17H21N3O5/c1-2-3-5-10-15(11-16(21)14-8-6-4-7-9-14)18-12-17(13-18,19(22)23)20(24)25/h2,4,6-9,15H,1,3,5,10-13H2/t15-/m1/s1. The second kappa shape index (κ2) is 7.98. The molecule has 0 aromatic heterocycles. The maximum atomic E-state index is 12.4. The van der Waals surface area contributed by atoms with Crippen LogP contribution in [0.5, 0.6) is 0 Å². The van der Waals surface area contributed by atoms with Crippen molar-refractivity contribution < 1.29 is 14.6 Å². The van der Waals surface area contributed by atoms with Crippen LogP contribution in [0.15, 0.2) is 43.0 Å². The van der Waals surface area contributed by atoms with Crippen LogP contribution in [-0.2, 0) is 0 Å². The maximum absolute atomic E-state index is 12.4. The van der Waals surface area contributed by atoms with E-state index in [1.807, 2.05) is 6.07 Å². The first kappa shape index (κ1) is 18.7. The van der Waals surface area contributed by atoms with Gasteiger partial charge in [-0.05, 0) is 19.3 Å². The molecule has 0 saturated carbocycles. The molecule has 1 fully saturated rings. The van der Waals surface area contributed by atoms with Crippen LogP contribution >= 0.6 is 0 Å². The molecule has 0 bridgehead atoms. The summed E-state index contributed by atoms with van der Waals surface area (Å²) in [5.41, 5.74) is -1.57. The number of hydrogen-bond donors (Lipinski definition) is 0. The number of Topliss-reactive ketones (excluding diaryl/α,β-unsaturated/α-hetero) is 1. The van der Waals surface area contributed by atoms with Crippen LogP contribution in [-0.4, -0.2) is 45.3 Å². The zero-order valence-corrected chi connectivity index (χ0v) is 13.9. The molecule has 2 rings (SSSR count). The molecule has 1 heterocycles. The molecule has 0 unspecified atom stereocenters. The zero-order chi connectivity index (χ0) is 18.4. The van der Waals surface area contributed by atoms with Crippen LogP contribution in [0, 0.1) is 20.2 Å². The van der Waals surface area contributed by atoms with Crippen LogP contribution in [0.1, 0.15) is 36.0 Å². The van der Waals surface area contributed by atoms with Crippen molar-refractivity contribution in [2.75, 3.05) is 13.1 Å².